The molecule has 2 aromatic heterocycles. The Morgan fingerprint density at radius 3 is 2.65 bits per heavy atom. The van der Waals surface area contributed by atoms with Crippen molar-refractivity contribution in [2.45, 2.75) is 17.2 Å². The number of urea groups is 1. The van der Waals surface area contributed by atoms with Gasteiger partial charge in [-0.1, -0.05) is 23.9 Å². The summed E-state index contributed by atoms with van der Waals surface area (Å²) in [6, 6.07) is 7.59. The van der Waals surface area contributed by atoms with Crippen LogP contribution in [0.1, 0.15) is 6.92 Å². The van der Waals surface area contributed by atoms with Crippen molar-refractivity contribution < 1.29 is 14.0 Å². The summed E-state index contributed by atoms with van der Waals surface area (Å²) in [7, 11) is 1.44. The molecule has 9 heteroatoms. The minimum atomic E-state index is -0.551. The fourth-order valence-corrected chi connectivity index (χ4v) is 4.26. The van der Waals surface area contributed by atoms with E-state index in [0.717, 1.165) is 20.7 Å². The first-order valence-corrected chi connectivity index (χ1v) is 9.37. The van der Waals surface area contributed by atoms with Crippen molar-refractivity contribution in [2.75, 3.05) is 7.05 Å². The highest BCUT2D eigenvalue weighted by Crippen LogP contribution is 2.38. The number of nitrogens with zero attached hydrogens (tertiary/aromatic N) is 2. The zero-order valence-corrected chi connectivity index (χ0v) is 15.6. The van der Waals surface area contributed by atoms with Crippen LogP contribution in [0, 0.1) is 5.82 Å². The summed E-state index contributed by atoms with van der Waals surface area (Å²) < 4.78 is 14.0. The first-order chi connectivity index (χ1) is 12.5. The molecule has 3 aromatic rings. The Kier molecular flexibility index (Phi) is 5.48. The van der Waals surface area contributed by atoms with Crippen molar-refractivity contribution in [1.82, 2.24) is 20.6 Å². The average molecular weight is 390 g/mol. The maximum atomic E-state index is 13.1. The summed E-state index contributed by atoms with van der Waals surface area (Å²) in [4.78, 5) is 32.8. The van der Waals surface area contributed by atoms with E-state index in [2.05, 4.69) is 20.6 Å². The van der Waals surface area contributed by atoms with Gasteiger partial charge in [0.15, 0.2) is 0 Å². The first kappa shape index (κ1) is 18.3. The van der Waals surface area contributed by atoms with Gasteiger partial charge < -0.3 is 5.32 Å². The largest absolute Gasteiger partial charge is 0.341 e. The molecule has 0 saturated carbocycles. The summed E-state index contributed by atoms with van der Waals surface area (Å²) >= 11 is 2.73. The van der Waals surface area contributed by atoms with Crippen molar-refractivity contribution in [2.24, 2.45) is 0 Å². The zero-order valence-electron chi connectivity index (χ0n) is 13.9. The number of carbonyl (C=O) groups is 2. The van der Waals surface area contributed by atoms with Crippen LogP contribution in [-0.2, 0) is 4.79 Å². The molecule has 0 radical (unpaired) electrons. The summed E-state index contributed by atoms with van der Waals surface area (Å²) in [5, 5.41) is 4.74. The van der Waals surface area contributed by atoms with E-state index < -0.39 is 17.2 Å². The third kappa shape index (κ3) is 4.00. The minimum Gasteiger partial charge on any atom is -0.341 e. The molecular formula is C17H15FN4O2S2. The molecule has 1 atom stereocenters. The average Bonchev–Trinajstić information content (AvgIpc) is 3.07. The van der Waals surface area contributed by atoms with Gasteiger partial charge in [-0.15, -0.1) is 11.3 Å². The molecule has 3 amide bonds. The lowest BCUT2D eigenvalue weighted by molar-refractivity contribution is -0.119. The molecule has 1 aromatic carbocycles. The first-order valence-electron chi connectivity index (χ1n) is 7.67. The molecule has 0 aliphatic carbocycles. The number of hydrogen-bond donors (Lipinski definition) is 2. The maximum Gasteiger partial charge on any atom is 0.321 e. The number of carbonyl (C=O) groups excluding carboxylic acids is 2. The van der Waals surface area contributed by atoms with E-state index in [-0.39, 0.29) is 5.82 Å². The fraction of sp³-hybridized carbons (Fsp3) is 0.176. The van der Waals surface area contributed by atoms with Gasteiger partial charge in [-0.2, -0.15) is 0 Å². The Morgan fingerprint density at radius 2 is 1.96 bits per heavy atom. The summed E-state index contributed by atoms with van der Waals surface area (Å²) in [5.74, 6) is -0.696. The molecule has 3 rings (SSSR count). The highest BCUT2D eigenvalue weighted by molar-refractivity contribution is 8.00. The predicted octanol–water partition coefficient (Wildman–Crippen LogP) is 3.43. The van der Waals surface area contributed by atoms with Gasteiger partial charge >= 0.3 is 6.03 Å². The Bertz CT molecular complexity index is 959. The second-order valence-corrected chi connectivity index (χ2v) is 7.72. The van der Waals surface area contributed by atoms with Crippen molar-refractivity contribution in [3.8, 4) is 10.4 Å². The topological polar surface area (TPSA) is 84.0 Å². The van der Waals surface area contributed by atoms with Crippen LogP contribution in [0.15, 0.2) is 41.7 Å². The molecule has 0 aliphatic rings. The van der Waals surface area contributed by atoms with Crippen molar-refractivity contribution in [1.29, 1.82) is 0 Å². The second-order valence-electron chi connectivity index (χ2n) is 5.34. The molecule has 134 valence electrons. The molecule has 0 spiro atoms. The van der Waals surface area contributed by atoms with E-state index in [1.165, 1.54) is 48.6 Å². The molecule has 0 bridgehead atoms. The third-order valence-corrected chi connectivity index (χ3v) is 5.94. The maximum absolute atomic E-state index is 13.1. The van der Waals surface area contributed by atoms with Gasteiger partial charge in [0.2, 0.25) is 5.91 Å². The van der Waals surface area contributed by atoms with Crippen LogP contribution in [0.2, 0.25) is 0 Å². The Hall–Kier alpha value is -2.52. The van der Waals surface area contributed by atoms with Crippen LogP contribution in [-0.4, -0.2) is 34.2 Å². The van der Waals surface area contributed by atoms with Gasteiger partial charge in [-0.25, -0.2) is 19.2 Å². The number of aromatic nitrogens is 2. The van der Waals surface area contributed by atoms with Gasteiger partial charge in [-0.3, -0.25) is 10.1 Å². The Morgan fingerprint density at radius 1 is 1.23 bits per heavy atom. The molecule has 0 aliphatic heterocycles. The van der Waals surface area contributed by atoms with Gasteiger partial charge in [-0.05, 0) is 30.7 Å². The van der Waals surface area contributed by atoms with Crippen molar-refractivity contribution in [3.63, 3.8) is 0 Å². The zero-order chi connectivity index (χ0) is 18.7. The minimum absolute atomic E-state index is 0.290. The van der Waals surface area contributed by atoms with Crippen LogP contribution in [0.3, 0.4) is 0 Å². The van der Waals surface area contributed by atoms with E-state index in [1.807, 2.05) is 6.07 Å². The normalized spacial score (nSPS) is 12.0. The van der Waals surface area contributed by atoms with Crippen molar-refractivity contribution in [3.05, 3.63) is 42.5 Å². The number of nitrogens with one attached hydrogen (secondary N) is 2. The van der Waals surface area contributed by atoms with Crippen LogP contribution < -0.4 is 10.6 Å². The fourth-order valence-electron chi connectivity index (χ4n) is 2.17. The lowest BCUT2D eigenvalue weighted by Crippen LogP contribution is -2.41. The molecule has 6 nitrogen and oxygen atoms in total. The molecule has 2 heterocycles. The van der Waals surface area contributed by atoms with E-state index >= 15 is 0 Å². The number of thiophene rings is 1. The standard InChI is InChI=1S/C17H15FN4O2S2/c1-9(15(23)22-17(24)19-2)25-16-14-12(20-8-21-16)7-13(26-14)10-3-5-11(18)6-4-10/h3-9H,1-2H3,(H2,19,22,23,24)/t9-/m0/s1. The van der Waals surface area contributed by atoms with E-state index in [9.17, 15) is 14.0 Å². The van der Waals surface area contributed by atoms with Crippen molar-refractivity contribution >= 4 is 45.3 Å². The number of benzene rings is 1. The van der Waals surface area contributed by atoms with Gasteiger partial charge in [0.05, 0.1) is 15.5 Å². The smallest absolute Gasteiger partial charge is 0.321 e. The number of hydrogen-bond acceptors (Lipinski definition) is 6. The van der Waals surface area contributed by atoms with E-state index in [1.54, 1.807) is 19.1 Å². The lowest BCUT2D eigenvalue weighted by Gasteiger charge is -2.10. The number of halogens is 1. The van der Waals surface area contributed by atoms with Crippen LogP contribution in [0.5, 0.6) is 0 Å². The number of amides is 3. The second kappa shape index (κ2) is 7.79. The van der Waals surface area contributed by atoms with Crippen LogP contribution in [0.25, 0.3) is 20.7 Å². The summed E-state index contributed by atoms with van der Waals surface area (Å²) in [5.41, 5.74) is 1.64. The lowest BCUT2D eigenvalue weighted by atomic mass is 10.2. The SMILES string of the molecule is CNC(=O)NC(=O)[C@H](C)Sc1ncnc2cc(-c3ccc(F)cc3)sc12. The van der Waals surface area contributed by atoms with E-state index in [0.29, 0.717) is 5.03 Å². The summed E-state index contributed by atoms with van der Waals surface area (Å²) in [6.45, 7) is 1.70. The van der Waals surface area contributed by atoms with E-state index in [4.69, 9.17) is 0 Å². The molecule has 2 N–H and O–H groups in total. The number of imide groups is 1. The molecule has 26 heavy (non-hydrogen) atoms. The van der Waals surface area contributed by atoms with Gasteiger partial charge in [0, 0.05) is 11.9 Å². The monoisotopic (exact) mass is 390 g/mol. The van der Waals surface area contributed by atoms with Gasteiger partial charge in [0.1, 0.15) is 17.2 Å². The third-order valence-electron chi connectivity index (χ3n) is 3.53. The number of rotatable bonds is 4. The quantitative estimate of drug-likeness (QED) is 0.527. The molecular weight excluding hydrogens is 375 g/mol. The van der Waals surface area contributed by atoms with Crippen LogP contribution in [0.4, 0.5) is 9.18 Å². The molecule has 0 unspecified atom stereocenters. The molecule has 0 saturated heterocycles. The number of fused-ring (bicyclic) bond motifs is 1. The number of thioether (sulfide) groups is 1. The Balaban J connectivity index is 1.86. The highest BCUT2D eigenvalue weighted by Gasteiger charge is 2.20. The molecule has 0 fully saturated rings. The highest BCUT2D eigenvalue weighted by atomic mass is 32.2. The van der Waals surface area contributed by atoms with Gasteiger partial charge in [0.25, 0.3) is 0 Å². The van der Waals surface area contributed by atoms with Crippen LogP contribution >= 0.6 is 23.1 Å². The summed E-state index contributed by atoms with van der Waals surface area (Å²) in [6.07, 6.45) is 1.44. The predicted molar refractivity (Wildman–Crippen MR) is 101 cm³/mol. The Labute approximate surface area is 157 Å².